The van der Waals surface area contributed by atoms with Gasteiger partial charge in [0.25, 0.3) is 5.79 Å². The number of aliphatic carboxylic acids is 1. The molecule has 0 aliphatic carbocycles. The fraction of sp³-hybridized carbons (Fsp3) is 0.903. The average molecular weight is 838 g/mol. The first-order valence-corrected chi connectivity index (χ1v) is 17.6. The first-order valence-electron chi connectivity index (χ1n) is 17.6. The normalized spacial score (nSPS) is 45.1. The molecular weight excluding hydrogens is 786 g/mol. The molecule has 4 aliphatic rings. The van der Waals surface area contributed by atoms with E-state index in [1.54, 1.807) is 0 Å². The van der Waals surface area contributed by atoms with E-state index in [1.165, 1.54) is 0 Å². The molecule has 15 N–H and O–H groups in total. The lowest BCUT2D eigenvalue weighted by Gasteiger charge is -2.49. The standard InChI is InChI=1S/C31H51NO25/c1-8(36)32-15-10(38)3-31(30(48)49,57-24(15)16(40)11(39)4-33)50-7-14-18(42)19(43)21(45)28(54-14)55-23-13(6-35)53-29(26(22(23)46)51-9(2)37)56-25-20(44)17(41)12(5-34)52-27(25)47/h10-29,33-35,38-47H,3-7H2,1-2H3,(H,32,36)(H,48,49)/t10-,11+,12+,13+,14+,15+,16+,17+,18-,19-,20-,21+,22-,23+,24+,25-,26+,27-,28-,29-,31+/m0/s1. The number of carbonyl (C=O) groups excluding carboxylic acids is 2. The third-order valence-corrected chi connectivity index (χ3v) is 9.86. The van der Waals surface area contributed by atoms with Gasteiger partial charge in [-0.3, -0.25) is 9.59 Å². The number of ether oxygens (including phenoxy) is 8. The van der Waals surface area contributed by atoms with E-state index in [0.29, 0.717) is 0 Å². The summed E-state index contributed by atoms with van der Waals surface area (Å²) >= 11 is 0. The van der Waals surface area contributed by atoms with Crippen molar-refractivity contribution in [2.24, 2.45) is 0 Å². The summed E-state index contributed by atoms with van der Waals surface area (Å²) in [7, 11) is 0. The smallest absolute Gasteiger partial charge is 0.364 e. The Morgan fingerprint density at radius 2 is 1.33 bits per heavy atom. The predicted octanol–water partition coefficient (Wildman–Crippen LogP) is -9.83. The van der Waals surface area contributed by atoms with Gasteiger partial charge in [-0.1, -0.05) is 0 Å². The molecule has 4 heterocycles. The van der Waals surface area contributed by atoms with E-state index < -0.39 is 179 Å². The summed E-state index contributed by atoms with van der Waals surface area (Å²) in [6.07, 6.45) is -37.7. The van der Waals surface area contributed by atoms with Crippen LogP contribution in [0.25, 0.3) is 0 Å². The van der Waals surface area contributed by atoms with Crippen LogP contribution in [0.2, 0.25) is 0 Å². The Kier molecular flexibility index (Phi) is 16.4. The van der Waals surface area contributed by atoms with E-state index in [-0.39, 0.29) is 0 Å². The van der Waals surface area contributed by atoms with Gasteiger partial charge in [-0.2, -0.15) is 0 Å². The van der Waals surface area contributed by atoms with Gasteiger partial charge in [-0.05, 0) is 0 Å². The number of carboxylic acid groups (broad SMARTS) is 1. The lowest BCUT2D eigenvalue weighted by molar-refractivity contribution is -0.384. The summed E-state index contributed by atoms with van der Waals surface area (Å²) in [5.74, 6) is -6.65. The second-order valence-corrected chi connectivity index (χ2v) is 13.9. The van der Waals surface area contributed by atoms with Gasteiger partial charge in [0.1, 0.15) is 85.5 Å². The van der Waals surface area contributed by atoms with E-state index in [4.69, 9.17) is 37.9 Å². The van der Waals surface area contributed by atoms with Gasteiger partial charge in [0, 0.05) is 20.3 Å². The molecule has 0 bridgehead atoms. The SMILES string of the molecule is CC(=O)N[C@H]1[C@H]([C@H](O)[C@H](O)CO)O[C@@](OC[C@H]2O[C@@H](O[C@H]3[C@H](O)[C@@H](OC(C)=O)[C@H](O[C@H]4[C@@H](O)[C@H](O)[C@@H](CO)O[C@@H]4O)O[C@@H]3CO)[C@H](O)[C@@H](O)[C@H]2O)(C(=O)O)C[C@@H]1O. The van der Waals surface area contributed by atoms with Crippen LogP contribution in [0.5, 0.6) is 0 Å². The summed E-state index contributed by atoms with van der Waals surface area (Å²) in [6.45, 7) is -2.01. The number of carbonyl (C=O) groups is 3. The molecule has 21 atom stereocenters. The van der Waals surface area contributed by atoms with Crippen LogP contribution in [0.4, 0.5) is 0 Å². The number of nitrogens with one attached hydrogen (secondary N) is 1. The van der Waals surface area contributed by atoms with Gasteiger partial charge in [0.15, 0.2) is 25.0 Å². The molecule has 57 heavy (non-hydrogen) atoms. The number of esters is 1. The van der Waals surface area contributed by atoms with E-state index in [1.807, 2.05) is 0 Å². The molecule has 0 saturated carbocycles. The molecule has 0 aromatic heterocycles. The largest absolute Gasteiger partial charge is 0.477 e. The topological polar surface area (TPSA) is 420 Å². The summed E-state index contributed by atoms with van der Waals surface area (Å²) in [4.78, 5) is 36.4. The highest BCUT2D eigenvalue weighted by Gasteiger charge is 2.58. The summed E-state index contributed by atoms with van der Waals surface area (Å²) < 4.78 is 43.6. The Labute approximate surface area is 322 Å². The first kappa shape index (κ1) is 47.3. The second-order valence-electron chi connectivity index (χ2n) is 13.9. The molecule has 4 saturated heterocycles. The average Bonchev–Trinajstić information content (AvgIpc) is 3.16. The Hall–Kier alpha value is -2.39. The molecule has 0 aromatic rings. The maximum absolute atomic E-state index is 12.6. The summed E-state index contributed by atoms with van der Waals surface area (Å²) in [5, 5.41) is 148. The maximum Gasteiger partial charge on any atom is 0.364 e. The molecule has 4 fully saturated rings. The van der Waals surface area contributed by atoms with Crippen molar-refractivity contribution in [2.75, 3.05) is 26.4 Å². The summed E-state index contributed by atoms with van der Waals surface area (Å²) in [6, 6.07) is -1.54. The molecule has 0 spiro atoms. The maximum atomic E-state index is 12.6. The molecule has 0 aromatic carbocycles. The molecule has 330 valence electrons. The van der Waals surface area contributed by atoms with Gasteiger partial charge >= 0.3 is 11.9 Å². The lowest BCUT2D eigenvalue weighted by atomic mass is 9.88. The zero-order valence-electron chi connectivity index (χ0n) is 30.3. The fourth-order valence-electron chi connectivity index (χ4n) is 6.83. The highest BCUT2D eigenvalue weighted by Crippen LogP contribution is 2.36. The van der Waals surface area contributed by atoms with Crippen LogP contribution >= 0.6 is 0 Å². The Morgan fingerprint density at radius 3 is 1.89 bits per heavy atom. The molecule has 26 nitrogen and oxygen atoms in total. The van der Waals surface area contributed by atoms with Gasteiger partial charge in [0.2, 0.25) is 5.91 Å². The number of hydrogen-bond acceptors (Lipinski definition) is 24. The molecule has 1 amide bonds. The van der Waals surface area contributed by atoms with Crippen molar-refractivity contribution in [2.45, 2.75) is 149 Å². The lowest BCUT2D eigenvalue weighted by Crippen LogP contribution is -2.68. The van der Waals surface area contributed by atoms with Crippen molar-refractivity contribution in [3.63, 3.8) is 0 Å². The van der Waals surface area contributed by atoms with Crippen LogP contribution in [0, 0.1) is 0 Å². The Balaban J connectivity index is 1.54. The van der Waals surface area contributed by atoms with Crippen molar-refractivity contribution in [3.8, 4) is 0 Å². The van der Waals surface area contributed by atoms with Crippen LogP contribution in [0.3, 0.4) is 0 Å². The van der Waals surface area contributed by atoms with Gasteiger partial charge in [-0.15, -0.1) is 0 Å². The molecular formula is C31H51NO25. The number of aliphatic hydroxyl groups excluding tert-OH is 13. The predicted molar refractivity (Wildman–Crippen MR) is 172 cm³/mol. The monoisotopic (exact) mass is 837 g/mol. The van der Waals surface area contributed by atoms with Crippen LogP contribution in [-0.4, -0.2) is 244 Å². The number of hydrogen-bond donors (Lipinski definition) is 15. The number of carboxylic acids is 1. The number of rotatable bonds is 15. The zero-order valence-corrected chi connectivity index (χ0v) is 30.3. The minimum Gasteiger partial charge on any atom is -0.477 e. The van der Waals surface area contributed by atoms with Crippen molar-refractivity contribution < 1.29 is 124 Å². The third kappa shape index (κ3) is 10.3. The Bertz CT molecular complexity index is 1350. The first-order chi connectivity index (χ1) is 26.7. The van der Waals surface area contributed by atoms with Crippen molar-refractivity contribution in [1.82, 2.24) is 5.32 Å². The van der Waals surface area contributed by atoms with Crippen molar-refractivity contribution >= 4 is 17.8 Å². The third-order valence-electron chi connectivity index (χ3n) is 9.86. The number of aliphatic hydroxyl groups is 13. The van der Waals surface area contributed by atoms with Crippen molar-refractivity contribution in [1.29, 1.82) is 0 Å². The van der Waals surface area contributed by atoms with Crippen LogP contribution in [0.15, 0.2) is 0 Å². The second kappa shape index (κ2) is 19.8. The van der Waals surface area contributed by atoms with Gasteiger partial charge in [0.05, 0.1) is 38.6 Å². The van der Waals surface area contributed by atoms with E-state index in [2.05, 4.69) is 5.32 Å². The van der Waals surface area contributed by atoms with Gasteiger partial charge < -0.3 is 115 Å². The quantitative estimate of drug-likeness (QED) is 0.0681. The molecule has 0 unspecified atom stereocenters. The molecule has 4 aliphatic heterocycles. The number of amides is 1. The van der Waals surface area contributed by atoms with E-state index in [9.17, 15) is 85.9 Å². The highest BCUT2D eigenvalue weighted by atomic mass is 16.8. The fourth-order valence-corrected chi connectivity index (χ4v) is 6.83. The summed E-state index contributed by atoms with van der Waals surface area (Å²) in [5.41, 5.74) is 0. The van der Waals surface area contributed by atoms with Crippen LogP contribution < -0.4 is 5.32 Å². The molecule has 0 radical (unpaired) electrons. The Morgan fingerprint density at radius 1 is 0.737 bits per heavy atom. The van der Waals surface area contributed by atoms with Crippen LogP contribution in [0.1, 0.15) is 20.3 Å². The zero-order chi connectivity index (χ0) is 42.7. The minimum absolute atomic E-state index is 0.758. The van der Waals surface area contributed by atoms with Gasteiger partial charge in [-0.25, -0.2) is 4.79 Å². The molecule has 4 rings (SSSR count). The van der Waals surface area contributed by atoms with E-state index >= 15 is 0 Å². The molecule has 26 heteroatoms. The van der Waals surface area contributed by atoms with Crippen LogP contribution in [-0.2, 0) is 52.3 Å². The van der Waals surface area contributed by atoms with Crippen molar-refractivity contribution in [3.05, 3.63) is 0 Å². The minimum atomic E-state index is -2.92. The van der Waals surface area contributed by atoms with E-state index in [0.717, 1.165) is 13.8 Å². The highest BCUT2D eigenvalue weighted by molar-refractivity contribution is 5.76.